The van der Waals surface area contributed by atoms with Crippen LogP contribution >= 0.6 is 11.3 Å². The Kier molecular flexibility index (Phi) is 3.36. The summed E-state index contributed by atoms with van der Waals surface area (Å²) >= 11 is 1.49. The zero-order chi connectivity index (χ0) is 15.3. The second-order valence-electron chi connectivity index (χ2n) is 5.81. The molecular weight excluding hydrogens is 288 g/mol. The van der Waals surface area contributed by atoms with E-state index in [1.165, 1.54) is 11.3 Å². The fourth-order valence-corrected chi connectivity index (χ4v) is 3.47. The maximum absolute atomic E-state index is 12.2. The minimum absolute atomic E-state index is 0.00845. The summed E-state index contributed by atoms with van der Waals surface area (Å²) in [5, 5.41) is 0.635. The molecular formula is C15H18N2O3S. The molecule has 0 saturated heterocycles. The van der Waals surface area contributed by atoms with Crippen molar-refractivity contribution in [3.63, 3.8) is 0 Å². The first-order valence-corrected chi connectivity index (χ1v) is 7.90. The van der Waals surface area contributed by atoms with Gasteiger partial charge >= 0.3 is 5.97 Å². The number of fused-ring (bicyclic) bond motifs is 1. The number of hydrogen-bond donors (Lipinski definition) is 1. The maximum atomic E-state index is 12.2. The molecule has 1 aliphatic rings. The largest absolute Gasteiger partial charge is 0.454 e. The van der Waals surface area contributed by atoms with Crippen molar-refractivity contribution >= 4 is 27.5 Å². The lowest BCUT2D eigenvalue weighted by Gasteiger charge is -2.12. The normalized spacial score (nSPS) is 22.3. The predicted octanol–water partition coefficient (Wildman–Crippen LogP) is 2.86. The number of nitrogens with one attached hydrogen (secondary N) is 1. The quantitative estimate of drug-likeness (QED) is 0.885. The Balaban J connectivity index is 1.90. The minimum atomic E-state index is -0.537. The van der Waals surface area contributed by atoms with E-state index in [9.17, 15) is 9.59 Å². The van der Waals surface area contributed by atoms with E-state index >= 15 is 0 Å². The van der Waals surface area contributed by atoms with E-state index in [1.807, 2.05) is 20.8 Å². The first-order chi connectivity index (χ1) is 9.88. The lowest BCUT2D eigenvalue weighted by atomic mass is 10.2. The fourth-order valence-electron chi connectivity index (χ4n) is 2.43. The third-order valence-electron chi connectivity index (χ3n) is 4.15. The van der Waals surface area contributed by atoms with E-state index in [0.717, 1.165) is 16.9 Å². The summed E-state index contributed by atoms with van der Waals surface area (Å²) in [6.07, 6.45) is 0.350. The smallest absolute Gasteiger partial charge is 0.309 e. The molecule has 2 aromatic rings. The van der Waals surface area contributed by atoms with E-state index in [4.69, 9.17) is 4.74 Å². The number of aromatic nitrogens is 2. The van der Waals surface area contributed by atoms with Crippen LogP contribution in [0.15, 0.2) is 4.79 Å². The average molecular weight is 306 g/mol. The second kappa shape index (κ2) is 4.94. The monoisotopic (exact) mass is 306 g/mol. The molecule has 0 bridgehead atoms. The van der Waals surface area contributed by atoms with Crippen molar-refractivity contribution < 1.29 is 9.53 Å². The average Bonchev–Trinajstić information content (AvgIpc) is 3.07. The molecule has 21 heavy (non-hydrogen) atoms. The molecule has 6 heteroatoms. The highest BCUT2D eigenvalue weighted by molar-refractivity contribution is 7.18. The van der Waals surface area contributed by atoms with Crippen LogP contribution in [0.3, 0.4) is 0 Å². The Morgan fingerprint density at radius 3 is 2.76 bits per heavy atom. The van der Waals surface area contributed by atoms with Gasteiger partial charge in [0.25, 0.3) is 5.56 Å². The van der Waals surface area contributed by atoms with Gasteiger partial charge in [-0.25, -0.2) is 4.98 Å². The van der Waals surface area contributed by atoms with Gasteiger partial charge in [-0.15, -0.1) is 11.3 Å². The number of ether oxygens (including phenoxy) is 1. The van der Waals surface area contributed by atoms with Crippen molar-refractivity contribution in [3.05, 3.63) is 26.6 Å². The summed E-state index contributed by atoms with van der Waals surface area (Å²) in [7, 11) is 0. The molecule has 0 amide bonds. The number of carbonyl (C=O) groups is 1. The first kappa shape index (κ1) is 14.3. The molecule has 0 aliphatic heterocycles. The highest BCUT2D eigenvalue weighted by atomic mass is 32.1. The van der Waals surface area contributed by atoms with Crippen LogP contribution < -0.4 is 5.56 Å². The molecule has 2 aromatic heterocycles. The Morgan fingerprint density at radius 1 is 1.48 bits per heavy atom. The summed E-state index contributed by atoms with van der Waals surface area (Å²) in [5.41, 5.74) is 0.797. The van der Waals surface area contributed by atoms with Gasteiger partial charge in [0.15, 0.2) is 11.9 Å². The molecule has 0 aromatic carbocycles. The molecule has 112 valence electrons. The number of H-pyrrole nitrogens is 1. The lowest BCUT2D eigenvalue weighted by Crippen LogP contribution is -2.18. The summed E-state index contributed by atoms with van der Waals surface area (Å²) in [6, 6.07) is 0. The standard InChI is InChI=1S/C15H18N2O3S/c1-6-5-10(6)15(19)20-8(3)12-16-13(18)11-7(2)9(4)21-14(11)17-12/h6,8,10H,5H2,1-4H3,(H,16,17,18)/t6-,8+,10-/m0/s1. The SMILES string of the molecule is Cc1sc2nc([C@@H](C)OC(=O)[C@H]3C[C@@H]3C)[nH]c(=O)c2c1C. The van der Waals surface area contributed by atoms with Gasteiger partial charge in [0, 0.05) is 4.88 Å². The molecule has 1 saturated carbocycles. The molecule has 5 nitrogen and oxygen atoms in total. The van der Waals surface area contributed by atoms with Crippen LogP contribution in [-0.4, -0.2) is 15.9 Å². The molecule has 1 N–H and O–H groups in total. The molecule has 3 atom stereocenters. The third kappa shape index (κ3) is 2.48. The van der Waals surface area contributed by atoms with E-state index in [-0.39, 0.29) is 17.4 Å². The van der Waals surface area contributed by atoms with Crippen LogP contribution in [0.25, 0.3) is 10.2 Å². The number of aryl methyl sites for hydroxylation is 2. The van der Waals surface area contributed by atoms with Crippen LogP contribution in [0.4, 0.5) is 0 Å². The van der Waals surface area contributed by atoms with Gasteiger partial charge in [-0.2, -0.15) is 0 Å². The minimum Gasteiger partial charge on any atom is -0.454 e. The molecule has 0 radical (unpaired) electrons. The zero-order valence-electron chi connectivity index (χ0n) is 12.5. The summed E-state index contributed by atoms with van der Waals surface area (Å²) < 4.78 is 5.40. The fraction of sp³-hybridized carbons (Fsp3) is 0.533. The van der Waals surface area contributed by atoms with Crippen LogP contribution in [0, 0.1) is 25.7 Å². The van der Waals surface area contributed by atoms with Gasteiger partial charge in [-0.1, -0.05) is 6.92 Å². The highest BCUT2D eigenvalue weighted by Crippen LogP contribution is 2.39. The predicted molar refractivity (Wildman–Crippen MR) is 81.5 cm³/mol. The van der Waals surface area contributed by atoms with Crippen molar-refractivity contribution in [3.8, 4) is 0 Å². The number of thiophene rings is 1. The van der Waals surface area contributed by atoms with Crippen LogP contribution in [0.5, 0.6) is 0 Å². The summed E-state index contributed by atoms with van der Waals surface area (Å²) in [6.45, 7) is 7.66. The van der Waals surface area contributed by atoms with Gasteiger partial charge in [0.05, 0.1) is 11.3 Å². The van der Waals surface area contributed by atoms with Crippen molar-refractivity contribution in [1.82, 2.24) is 9.97 Å². The highest BCUT2D eigenvalue weighted by Gasteiger charge is 2.41. The van der Waals surface area contributed by atoms with E-state index in [2.05, 4.69) is 9.97 Å². The Labute approximate surface area is 126 Å². The van der Waals surface area contributed by atoms with Gasteiger partial charge in [-0.05, 0) is 38.7 Å². The molecule has 2 heterocycles. The first-order valence-electron chi connectivity index (χ1n) is 7.09. The lowest BCUT2D eigenvalue weighted by molar-refractivity contribution is -0.150. The zero-order valence-corrected chi connectivity index (χ0v) is 13.3. The van der Waals surface area contributed by atoms with Gasteiger partial charge in [0.2, 0.25) is 0 Å². The van der Waals surface area contributed by atoms with E-state index in [1.54, 1.807) is 6.92 Å². The number of carbonyl (C=O) groups excluding carboxylic acids is 1. The Hall–Kier alpha value is -1.69. The van der Waals surface area contributed by atoms with E-state index in [0.29, 0.717) is 22.0 Å². The number of esters is 1. The van der Waals surface area contributed by atoms with Gasteiger partial charge in [-0.3, -0.25) is 9.59 Å². The van der Waals surface area contributed by atoms with Crippen molar-refractivity contribution in [1.29, 1.82) is 0 Å². The second-order valence-corrected chi connectivity index (χ2v) is 7.02. The number of aromatic amines is 1. The summed E-state index contributed by atoms with van der Waals surface area (Å²) in [4.78, 5) is 33.0. The molecule has 0 unspecified atom stereocenters. The van der Waals surface area contributed by atoms with Gasteiger partial charge in [0.1, 0.15) is 4.83 Å². The molecule has 1 aliphatic carbocycles. The topological polar surface area (TPSA) is 72.0 Å². The summed E-state index contributed by atoms with van der Waals surface area (Å²) in [5.74, 6) is 0.627. The van der Waals surface area contributed by atoms with Crippen molar-refractivity contribution in [2.45, 2.75) is 40.2 Å². The molecule has 3 rings (SSSR count). The maximum Gasteiger partial charge on any atom is 0.309 e. The van der Waals surface area contributed by atoms with E-state index < -0.39 is 6.10 Å². The third-order valence-corrected chi connectivity index (χ3v) is 5.25. The van der Waals surface area contributed by atoms with Gasteiger partial charge < -0.3 is 9.72 Å². The van der Waals surface area contributed by atoms with Crippen molar-refractivity contribution in [2.24, 2.45) is 11.8 Å². The number of hydrogen-bond acceptors (Lipinski definition) is 5. The Bertz CT molecular complexity index is 777. The molecule has 1 fully saturated rings. The van der Waals surface area contributed by atoms with Crippen LogP contribution in [0.1, 0.15) is 42.6 Å². The number of rotatable bonds is 3. The Morgan fingerprint density at radius 2 is 2.14 bits per heavy atom. The molecule has 0 spiro atoms. The number of nitrogens with zero attached hydrogens (tertiary/aromatic N) is 1. The van der Waals surface area contributed by atoms with Crippen LogP contribution in [0.2, 0.25) is 0 Å². The van der Waals surface area contributed by atoms with Crippen molar-refractivity contribution in [2.75, 3.05) is 0 Å². The van der Waals surface area contributed by atoms with Crippen LogP contribution in [-0.2, 0) is 9.53 Å².